The van der Waals surface area contributed by atoms with Gasteiger partial charge in [0.25, 0.3) is 5.91 Å². The van der Waals surface area contributed by atoms with Crippen LogP contribution in [0.1, 0.15) is 17.3 Å². The van der Waals surface area contributed by atoms with Crippen LogP contribution in [0.3, 0.4) is 0 Å². The fourth-order valence-corrected chi connectivity index (χ4v) is 1.95. The fourth-order valence-electron chi connectivity index (χ4n) is 1.95. The Morgan fingerprint density at radius 2 is 1.81 bits per heavy atom. The first-order chi connectivity index (χ1) is 12.5. The number of rotatable bonds is 5. The SMILES string of the molecule is CC(=O)Nc1ccc(C(=O)NCC#CCOc2ccc(F)cc2F)cc1. The van der Waals surface area contributed by atoms with E-state index in [1.165, 1.54) is 13.0 Å². The monoisotopic (exact) mass is 358 g/mol. The van der Waals surface area contributed by atoms with Gasteiger partial charge in [0, 0.05) is 24.2 Å². The molecule has 0 aromatic heterocycles. The summed E-state index contributed by atoms with van der Waals surface area (Å²) in [6, 6.07) is 9.38. The van der Waals surface area contributed by atoms with Crippen molar-refractivity contribution in [3.63, 3.8) is 0 Å². The van der Waals surface area contributed by atoms with Gasteiger partial charge in [0.1, 0.15) is 12.4 Å². The number of halogens is 2. The van der Waals surface area contributed by atoms with E-state index in [0.717, 1.165) is 12.1 Å². The van der Waals surface area contributed by atoms with Gasteiger partial charge in [-0.3, -0.25) is 9.59 Å². The van der Waals surface area contributed by atoms with Crippen molar-refractivity contribution in [2.24, 2.45) is 0 Å². The molecule has 0 bridgehead atoms. The Balaban J connectivity index is 1.76. The van der Waals surface area contributed by atoms with Crippen LogP contribution in [0.15, 0.2) is 42.5 Å². The van der Waals surface area contributed by atoms with Crippen LogP contribution in [0.4, 0.5) is 14.5 Å². The average molecular weight is 358 g/mol. The molecule has 2 aromatic carbocycles. The zero-order chi connectivity index (χ0) is 18.9. The highest BCUT2D eigenvalue weighted by atomic mass is 19.1. The normalized spacial score (nSPS) is 9.65. The molecule has 0 unspecified atom stereocenters. The molecule has 7 heteroatoms. The van der Waals surface area contributed by atoms with E-state index in [-0.39, 0.29) is 30.7 Å². The summed E-state index contributed by atoms with van der Waals surface area (Å²) in [5.41, 5.74) is 1.02. The van der Waals surface area contributed by atoms with Gasteiger partial charge in [-0.2, -0.15) is 0 Å². The van der Waals surface area contributed by atoms with Crippen LogP contribution in [0.5, 0.6) is 5.75 Å². The molecule has 0 saturated heterocycles. The van der Waals surface area contributed by atoms with Crippen molar-refractivity contribution in [1.29, 1.82) is 0 Å². The van der Waals surface area contributed by atoms with Crippen molar-refractivity contribution in [2.75, 3.05) is 18.5 Å². The molecule has 2 rings (SSSR count). The van der Waals surface area contributed by atoms with Gasteiger partial charge in [0.05, 0.1) is 6.54 Å². The van der Waals surface area contributed by atoms with E-state index in [1.54, 1.807) is 24.3 Å². The summed E-state index contributed by atoms with van der Waals surface area (Å²) in [5.74, 6) is 3.19. The molecule has 0 atom stereocenters. The summed E-state index contributed by atoms with van der Waals surface area (Å²) >= 11 is 0. The highest BCUT2D eigenvalue weighted by Gasteiger charge is 2.05. The average Bonchev–Trinajstić information content (AvgIpc) is 2.59. The van der Waals surface area contributed by atoms with Crippen LogP contribution in [-0.2, 0) is 4.79 Å². The fraction of sp³-hybridized carbons (Fsp3) is 0.158. The lowest BCUT2D eigenvalue weighted by Gasteiger charge is -2.04. The largest absolute Gasteiger partial charge is 0.478 e. The van der Waals surface area contributed by atoms with Crippen molar-refractivity contribution in [2.45, 2.75) is 6.92 Å². The molecule has 0 saturated carbocycles. The molecule has 0 aliphatic carbocycles. The summed E-state index contributed by atoms with van der Waals surface area (Å²) in [5, 5.41) is 5.20. The maximum atomic E-state index is 13.3. The van der Waals surface area contributed by atoms with Crippen molar-refractivity contribution in [3.05, 3.63) is 59.7 Å². The van der Waals surface area contributed by atoms with E-state index in [2.05, 4.69) is 22.5 Å². The number of carbonyl (C=O) groups is 2. The van der Waals surface area contributed by atoms with Gasteiger partial charge >= 0.3 is 0 Å². The molecular formula is C19H16F2N2O3. The summed E-state index contributed by atoms with van der Waals surface area (Å²) < 4.78 is 31.1. The van der Waals surface area contributed by atoms with Crippen LogP contribution in [0.25, 0.3) is 0 Å². The zero-order valence-corrected chi connectivity index (χ0v) is 13.9. The molecule has 5 nitrogen and oxygen atoms in total. The van der Waals surface area contributed by atoms with E-state index in [1.807, 2.05) is 0 Å². The first-order valence-corrected chi connectivity index (χ1v) is 7.65. The van der Waals surface area contributed by atoms with E-state index >= 15 is 0 Å². The third-order valence-corrected chi connectivity index (χ3v) is 3.12. The molecule has 0 fully saturated rings. The second-order valence-electron chi connectivity index (χ2n) is 5.16. The maximum Gasteiger partial charge on any atom is 0.252 e. The Morgan fingerprint density at radius 1 is 1.08 bits per heavy atom. The minimum Gasteiger partial charge on any atom is -0.478 e. The van der Waals surface area contributed by atoms with Gasteiger partial charge in [-0.15, -0.1) is 0 Å². The van der Waals surface area contributed by atoms with Crippen LogP contribution >= 0.6 is 0 Å². The van der Waals surface area contributed by atoms with Crippen molar-refractivity contribution < 1.29 is 23.1 Å². The van der Waals surface area contributed by atoms with Gasteiger partial charge in [-0.1, -0.05) is 11.8 Å². The molecular weight excluding hydrogens is 342 g/mol. The van der Waals surface area contributed by atoms with Crippen molar-refractivity contribution >= 4 is 17.5 Å². The van der Waals surface area contributed by atoms with Crippen molar-refractivity contribution in [1.82, 2.24) is 5.32 Å². The Bertz CT molecular complexity index is 855. The van der Waals surface area contributed by atoms with E-state index < -0.39 is 11.6 Å². The molecule has 0 aliphatic heterocycles. The highest BCUT2D eigenvalue weighted by molar-refractivity contribution is 5.95. The zero-order valence-electron chi connectivity index (χ0n) is 13.9. The van der Waals surface area contributed by atoms with Crippen molar-refractivity contribution in [3.8, 4) is 17.6 Å². The van der Waals surface area contributed by atoms with Crippen LogP contribution in [0.2, 0.25) is 0 Å². The topological polar surface area (TPSA) is 67.4 Å². The molecule has 0 heterocycles. The Morgan fingerprint density at radius 3 is 2.46 bits per heavy atom. The van der Waals surface area contributed by atoms with Gasteiger partial charge < -0.3 is 15.4 Å². The molecule has 2 aromatic rings. The Labute approximate surface area is 149 Å². The summed E-state index contributed by atoms with van der Waals surface area (Å²) in [7, 11) is 0. The van der Waals surface area contributed by atoms with Gasteiger partial charge in [0.2, 0.25) is 5.91 Å². The smallest absolute Gasteiger partial charge is 0.252 e. The molecule has 0 aliphatic rings. The lowest BCUT2D eigenvalue weighted by atomic mass is 10.2. The molecule has 2 amide bonds. The molecule has 134 valence electrons. The second kappa shape index (κ2) is 9.18. The lowest BCUT2D eigenvalue weighted by Crippen LogP contribution is -2.23. The highest BCUT2D eigenvalue weighted by Crippen LogP contribution is 2.17. The standard InChI is InChI=1S/C19H16F2N2O3/c1-13(24)23-16-7-4-14(5-8-16)19(25)22-10-2-3-11-26-18-9-6-15(20)12-17(18)21/h4-9,12H,10-11H2,1H3,(H,22,25)(H,23,24). The molecule has 0 radical (unpaired) electrons. The number of carbonyl (C=O) groups excluding carboxylic acids is 2. The van der Waals surface area contributed by atoms with Gasteiger partial charge in [0.15, 0.2) is 11.6 Å². The molecule has 0 spiro atoms. The maximum absolute atomic E-state index is 13.3. The predicted molar refractivity (Wildman–Crippen MR) is 92.7 cm³/mol. The van der Waals surface area contributed by atoms with Crippen LogP contribution < -0.4 is 15.4 Å². The number of ether oxygens (including phenoxy) is 1. The Hall–Kier alpha value is -3.40. The minimum atomic E-state index is -0.803. The van der Waals surface area contributed by atoms with Gasteiger partial charge in [-0.05, 0) is 36.4 Å². The third kappa shape index (κ3) is 5.91. The quantitative estimate of drug-likeness (QED) is 0.808. The summed E-state index contributed by atoms with van der Waals surface area (Å²) in [6.45, 7) is 1.39. The van der Waals surface area contributed by atoms with Crippen LogP contribution in [0, 0.1) is 23.5 Å². The first kappa shape index (κ1) is 18.9. The lowest BCUT2D eigenvalue weighted by molar-refractivity contribution is -0.114. The van der Waals surface area contributed by atoms with Crippen LogP contribution in [-0.4, -0.2) is 25.0 Å². The third-order valence-electron chi connectivity index (χ3n) is 3.12. The van der Waals surface area contributed by atoms with E-state index in [0.29, 0.717) is 11.3 Å². The molecule has 2 N–H and O–H groups in total. The number of amides is 2. The molecule has 26 heavy (non-hydrogen) atoms. The summed E-state index contributed by atoms with van der Waals surface area (Å²) in [6.07, 6.45) is 0. The van der Waals surface area contributed by atoms with E-state index in [4.69, 9.17) is 4.74 Å². The second-order valence-corrected chi connectivity index (χ2v) is 5.16. The predicted octanol–water partition coefficient (Wildman–Crippen LogP) is 2.74. The van der Waals surface area contributed by atoms with E-state index in [9.17, 15) is 18.4 Å². The minimum absolute atomic E-state index is 0.0849. The first-order valence-electron chi connectivity index (χ1n) is 7.65. The number of hydrogen-bond donors (Lipinski definition) is 2. The Kier molecular flexibility index (Phi) is 6.68. The number of hydrogen-bond acceptors (Lipinski definition) is 3. The number of anilines is 1. The summed E-state index contributed by atoms with van der Waals surface area (Å²) in [4.78, 5) is 22.9. The number of nitrogens with one attached hydrogen (secondary N) is 2. The number of benzene rings is 2. The van der Waals surface area contributed by atoms with Gasteiger partial charge in [-0.25, -0.2) is 8.78 Å².